The monoisotopic (exact) mass is 309 g/mol. The maximum absolute atomic E-state index is 12.6. The maximum atomic E-state index is 12.6. The van der Waals surface area contributed by atoms with Crippen molar-refractivity contribution in [3.63, 3.8) is 0 Å². The van der Waals surface area contributed by atoms with Gasteiger partial charge >= 0.3 is 6.18 Å². The van der Waals surface area contributed by atoms with Gasteiger partial charge in [0, 0.05) is 12.6 Å². The number of rotatable bonds is 7. The van der Waals surface area contributed by atoms with Gasteiger partial charge in [0.05, 0.1) is 0 Å². The zero-order valence-corrected chi connectivity index (χ0v) is 12.4. The van der Waals surface area contributed by atoms with E-state index in [1.807, 2.05) is 0 Å². The molecule has 0 saturated heterocycles. The molecule has 114 valence electrons. The Bertz CT molecular complexity index is 424. The zero-order chi connectivity index (χ0) is 15.2. The lowest BCUT2D eigenvalue weighted by atomic mass is 9.99. The number of hydrogen-bond donors (Lipinski definition) is 1. The van der Waals surface area contributed by atoms with Crippen molar-refractivity contribution in [3.8, 4) is 0 Å². The van der Waals surface area contributed by atoms with Crippen LogP contribution in [-0.4, -0.2) is 16.5 Å². The molecule has 1 aromatic heterocycles. The number of nitrogens with zero attached hydrogens (tertiary/aromatic N) is 2. The van der Waals surface area contributed by atoms with Gasteiger partial charge in [0.2, 0.25) is 5.82 Å². The summed E-state index contributed by atoms with van der Waals surface area (Å²) >= 11 is 5.60. The van der Waals surface area contributed by atoms with Crippen molar-refractivity contribution in [2.75, 3.05) is 11.9 Å². The normalized spacial score (nSPS) is 13.3. The molecule has 0 saturated carbocycles. The van der Waals surface area contributed by atoms with Crippen LogP contribution in [0.25, 0.3) is 0 Å². The fourth-order valence-electron chi connectivity index (χ4n) is 1.83. The Morgan fingerprint density at radius 2 is 2.00 bits per heavy atom. The van der Waals surface area contributed by atoms with Crippen LogP contribution in [0.2, 0.25) is 5.15 Å². The molecule has 0 radical (unpaired) electrons. The van der Waals surface area contributed by atoms with Gasteiger partial charge < -0.3 is 5.32 Å². The second-order valence-electron chi connectivity index (χ2n) is 4.69. The number of hydrogen-bond acceptors (Lipinski definition) is 3. The van der Waals surface area contributed by atoms with Gasteiger partial charge in [-0.3, -0.25) is 0 Å². The summed E-state index contributed by atoms with van der Waals surface area (Å²) in [7, 11) is 0. The molecule has 1 aromatic rings. The first-order valence-corrected chi connectivity index (χ1v) is 7.10. The van der Waals surface area contributed by atoms with Crippen LogP contribution in [0.4, 0.5) is 19.0 Å². The van der Waals surface area contributed by atoms with Crippen LogP contribution >= 0.6 is 11.6 Å². The van der Waals surface area contributed by atoms with Gasteiger partial charge in [0.25, 0.3) is 0 Å². The molecule has 1 N–H and O–H groups in total. The van der Waals surface area contributed by atoms with Gasteiger partial charge in [0.15, 0.2) is 0 Å². The van der Waals surface area contributed by atoms with E-state index in [-0.39, 0.29) is 11.0 Å². The molecule has 20 heavy (non-hydrogen) atoms. The van der Waals surface area contributed by atoms with Crippen molar-refractivity contribution >= 4 is 17.4 Å². The Balaban J connectivity index is 2.70. The number of halogens is 4. The summed E-state index contributed by atoms with van der Waals surface area (Å²) in [4.78, 5) is 6.65. The van der Waals surface area contributed by atoms with Crippen LogP contribution < -0.4 is 5.32 Å². The molecule has 1 rings (SSSR count). The molecule has 0 fully saturated rings. The van der Waals surface area contributed by atoms with Crippen LogP contribution in [0.5, 0.6) is 0 Å². The first-order chi connectivity index (χ1) is 9.36. The predicted octanol–water partition coefficient (Wildman–Crippen LogP) is 4.78. The fraction of sp³-hybridized carbons (Fsp3) is 0.692. The van der Waals surface area contributed by atoms with Gasteiger partial charge in [-0.25, -0.2) is 9.97 Å². The molecule has 0 spiro atoms. The second-order valence-corrected chi connectivity index (χ2v) is 5.08. The van der Waals surface area contributed by atoms with E-state index in [0.29, 0.717) is 12.5 Å². The van der Waals surface area contributed by atoms with E-state index in [1.165, 1.54) is 6.07 Å². The summed E-state index contributed by atoms with van der Waals surface area (Å²) in [5.74, 6) is -0.681. The topological polar surface area (TPSA) is 37.8 Å². The smallest absolute Gasteiger partial charge is 0.370 e. The van der Waals surface area contributed by atoms with Crippen LogP contribution in [-0.2, 0) is 6.18 Å². The Kier molecular flexibility index (Phi) is 6.52. The highest BCUT2D eigenvalue weighted by Gasteiger charge is 2.35. The van der Waals surface area contributed by atoms with Gasteiger partial charge in [-0.1, -0.05) is 44.7 Å². The molecule has 3 nitrogen and oxygen atoms in total. The summed E-state index contributed by atoms with van der Waals surface area (Å²) in [5.41, 5.74) is 0. The van der Waals surface area contributed by atoms with E-state index in [9.17, 15) is 13.2 Å². The lowest BCUT2D eigenvalue weighted by Gasteiger charge is -2.16. The van der Waals surface area contributed by atoms with Crippen LogP contribution in [0, 0.1) is 5.92 Å². The largest absolute Gasteiger partial charge is 0.451 e. The maximum Gasteiger partial charge on any atom is 0.451 e. The van der Waals surface area contributed by atoms with Crippen molar-refractivity contribution in [2.24, 2.45) is 5.92 Å². The van der Waals surface area contributed by atoms with E-state index >= 15 is 0 Å². The number of unbranched alkanes of at least 4 members (excludes halogenated alkanes) is 1. The molecule has 1 heterocycles. The van der Waals surface area contributed by atoms with Gasteiger partial charge in [0.1, 0.15) is 11.0 Å². The molecule has 1 atom stereocenters. The summed E-state index contributed by atoms with van der Waals surface area (Å²) in [6.45, 7) is 4.76. The predicted molar refractivity (Wildman–Crippen MR) is 73.8 cm³/mol. The van der Waals surface area contributed by atoms with E-state index in [4.69, 9.17) is 11.6 Å². The third-order valence-electron chi connectivity index (χ3n) is 3.06. The minimum atomic E-state index is -4.59. The summed E-state index contributed by atoms with van der Waals surface area (Å²) in [5, 5.41) is 2.71. The van der Waals surface area contributed by atoms with Crippen molar-refractivity contribution in [3.05, 3.63) is 17.0 Å². The lowest BCUT2D eigenvalue weighted by molar-refractivity contribution is -0.144. The number of nitrogens with one attached hydrogen (secondary N) is 1. The van der Waals surface area contributed by atoms with E-state index in [2.05, 4.69) is 29.1 Å². The quantitative estimate of drug-likeness (QED) is 0.737. The molecule has 0 amide bonds. The summed E-state index contributed by atoms with van der Waals surface area (Å²) in [6, 6.07) is 1.31. The van der Waals surface area contributed by atoms with Gasteiger partial charge in [-0.2, -0.15) is 13.2 Å². The zero-order valence-electron chi connectivity index (χ0n) is 11.6. The summed E-state index contributed by atoms with van der Waals surface area (Å²) in [6.07, 6.45) is -0.358. The third kappa shape index (κ3) is 5.53. The SMILES string of the molecule is CCCCC(CC)CNc1cc(Cl)nc(C(F)(F)F)n1. The fourth-order valence-corrected chi connectivity index (χ4v) is 2.01. The van der Waals surface area contributed by atoms with Crippen molar-refractivity contribution in [1.29, 1.82) is 0 Å². The van der Waals surface area contributed by atoms with Crippen molar-refractivity contribution in [2.45, 2.75) is 45.7 Å². The Hall–Kier alpha value is -1.04. The molecule has 7 heteroatoms. The first kappa shape index (κ1) is 17.0. The average molecular weight is 310 g/mol. The second kappa shape index (κ2) is 7.67. The third-order valence-corrected chi connectivity index (χ3v) is 3.26. The Labute approximate surface area is 122 Å². The molecule has 0 aliphatic rings. The van der Waals surface area contributed by atoms with Gasteiger partial charge in [-0.15, -0.1) is 0 Å². The molecule has 0 aliphatic carbocycles. The molecule has 0 aromatic carbocycles. The highest BCUT2D eigenvalue weighted by atomic mass is 35.5. The van der Waals surface area contributed by atoms with Crippen LogP contribution in [0.1, 0.15) is 45.4 Å². The minimum absolute atomic E-state index is 0.118. The summed E-state index contributed by atoms with van der Waals surface area (Å²) < 4.78 is 37.7. The van der Waals surface area contributed by atoms with E-state index in [0.717, 1.165) is 25.7 Å². The minimum Gasteiger partial charge on any atom is -0.370 e. The van der Waals surface area contributed by atoms with Crippen molar-refractivity contribution < 1.29 is 13.2 Å². The first-order valence-electron chi connectivity index (χ1n) is 6.72. The molecule has 0 bridgehead atoms. The van der Waals surface area contributed by atoms with Gasteiger partial charge in [-0.05, 0) is 12.3 Å². The molecule has 1 unspecified atom stereocenters. The highest BCUT2D eigenvalue weighted by Crippen LogP contribution is 2.28. The molecular weight excluding hydrogens is 291 g/mol. The number of alkyl halides is 3. The van der Waals surface area contributed by atoms with Crippen LogP contribution in [0.3, 0.4) is 0 Å². The molecular formula is C13H19ClF3N3. The lowest BCUT2D eigenvalue weighted by Crippen LogP contribution is -2.17. The number of anilines is 1. The number of aromatic nitrogens is 2. The average Bonchev–Trinajstić information content (AvgIpc) is 2.37. The van der Waals surface area contributed by atoms with E-state index < -0.39 is 12.0 Å². The highest BCUT2D eigenvalue weighted by molar-refractivity contribution is 6.29. The van der Waals surface area contributed by atoms with Crippen LogP contribution in [0.15, 0.2) is 6.07 Å². The van der Waals surface area contributed by atoms with Crippen molar-refractivity contribution in [1.82, 2.24) is 9.97 Å². The molecule has 0 aliphatic heterocycles. The standard InChI is InChI=1S/C13H19ClF3N3/c1-3-5-6-9(4-2)8-18-11-7-10(14)19-12(20-11)13(15,16)17/h7,9H,3-6,8H2,1-2H3,(H,18,19,20). The Morgan fingerprint density at radius 1 is 1.30 bits per heavy atom. The van der Waals surface area contributed by atoms with E-state index in [1.54, 1.807) is 0 Å². The Morgan fingerprint density at radius 3 is 2.55 bits per heavy atom.